The van der Waals surface area contributed by atoms with Crippen molar-refractivity contribution in [3.05, 3.63) is 18.0 Å². The molecule has 0 saturated carbocycles. The Balaban J connectivity index is 2.09. The number of rotatable bonds is 2. The summed E-state index contributed by atoms with van der Waals surface area (Å²) in [7, 11) is 0. The summed E-state index contributed by atoms with van der Waals surface area (Å²) in [4.78, 5) is 10.9. The van der Waals surface area contributed by atoms with Gasteiger partial charge >= 0.3 is 0 Å². The fourth-order valence-electron chi connectivity index (χ4n) is 1.88. The largest absolute Gasteiger partial charge is 0.394 e. The highest BCUT2D eigenvalue weighted by molar-refractivity contribution is 5.32. The molecule has 1 atom stereocenters. The van der Waals surface area contributed by atoms with Crippen LogP contribution in [0.4, 0.5) is 5.95 Å². The molecule has 5 heteroatoms. The number of aromatic nitrogens is 2. The summed E-state index contributed by atoms with van der Waals surface area (Å²) in [5.74, 6) is 0.713. The third-order valence-electron chi connectivity index (χ3n) is 3.13. The predicted octanol–water partition coefficient (Wildman–Crippen LogP) is 0.972. The zero-order valence-corrected chi connectivity index (χ0v) is 11.3. The van der Waals surface area contributed by atoms with E-state index in [1.165, 1.54) is 0 Å². The molecule has 5 nitrogen and oxygen atoms in total. The molecule has 1 N–H and O–H groups in total. The number of anilines is 1. The van der Waals surface area contributed by atoms with Crippen molar-refractivity contribution in [2.75, 3.05) is 31.2 Å². The van der Waals surface area contributed by atoms with Gasteiger partial charge in [0.1, 0.15) is 0 Å². The van der Waals surface area contributed by atoms with E-state index in [-0.39, 0.29) is 18.1 Å². The van der Waals surface area contributed by atoms with E-state index in [1.807, 2.05) is 12.4 Å². The first-order valence-electron chi connectivity index (χ1n) is 6.30. The minimum Gasteiger partial charge on any atom is -0.394 e. The number of nitrogens with zero attached hydrogens (tertiary/aromatic N) is 3. The molecule has 0 radical (unpaired) electrons. The molecular weight excluding hydrogens is 230 g/mol. The summed E-state index contributed by atoms with van der Waals surface area (Å²) in [6, 6.07) is 0. The molecule has 18 heavy (non-hydrogen) atoms. The van der Waals surface area contributed by atoms with Crippen LogP contribution in [0.2, 0.25) is 0 Å². The molecule has 0 aromatic carbocycles. The van der Waals surface area contributed by atoms with Gasteiger partial charge in [-0.3, -0.25) is 0 Å². The Labute approximate surface area is 108 Å². The topological polar surface area (TPSA) is 58.5 Å². The van der Waals surface area contributed by atoms with Crippen LogP contribution < -0.4 is 4.90 Å². The Morgan fingerprint density at radius 1 is 1.39 bits per heavy atom. The molecule has 1 saturated heterocycles. The number of morpholine rings is 1. The fraction of sp³-hybridized carbons (Fsp3) is 0.692. The summed E-state index contributed by atoms with van der Waals surface area (Å²) in [6.07, 6.45) is 3.63. The van der Waals surface area contributed by atoms with Crippen molar-refractivity contribution in [2.24, 2.45) is 0 Å². The molecule has 1 aromatic rings. The Morgan fingerprint density at radius 3 is 2.61 bits per heavy atom. The van der Waals surface area contributed by atoms with Gasteiger partial charge < -0.3 is 14.7 Å². The van der Waals surface area contributed by atoms with Crippen LogP contribution in [0.1, 0.15) is 26.3 Å². The average molecular weight is 251 g/mol. The van der Waals surface area contributed by atoms with Gasteiger partial charge in [-0.1, -0.05) is 20.8 Å². The predicted molar refractivity (Wildman–Crippen MR) is 69.8 cm³/mol. The molecule has 2 heterocycles. The quantitative estimate of drug-likeness (QED) is 0.849. The smallest absolute Gasteiger partial charge is 0.225 e. The molecule has 0 bridgehead atoms. The van der Waals surface area contributed by atoms with Crippen molar-refractivity contribution in [3.63, 3.8) is 0 Å². The van der Waals surface area contributed by atoms with E-state index in [0.717, 1.165) is 12.1 Å². The van der Waals surface area contributed by atoms with Gasteiger partial charge in [-0.25, -0.2) is 9.97 Å². The molecule has 1 aliphatic heterocycles. The maximum Gasteiger partial charge on any atom is 0.225 e. The highest BCUT2D eigenvalue weighted by Crippen LogP contribution is 2.21. The first-order chi connectivity index (χ1) is 8.50. The van der Waals surface area contributed by atoms with E-state index in [1.54, 1.807) is 0 Å². The van der Waals surface area contributed by atoms with Gasteiger partial charge in [0, 0.05) is 25.5 Å². The molecule has 2 rings (SSSR count). The first kappa shape index (κ1) is 13.2. The molecule has 0 spiro atoms. The monoisotopic (exact) mass is 251 g/mol. The van der Waals surface area contributed by atoms with Gasteiger partial charge in [-0.15, -0.1) is 0 Å². The Hall–Kier alpha value is -1.20. The molecule has 1 aliphatic rings. The summed E-state index contributed by atoms with van der Waals surface area (Å²) in [5.41, 5.74) is 1.19. The van der Waals surface area contributed by atoms with Crippen LogP contribution in [0.5, 0.6) is 0 Å². The van der Waals surface area contributed by atoms with Crippen LogP contribution in [-0.4, -0.2) is 47.5 Å². The molecule has 1 aromatic heterocycles. The van der Waals surface area contributed by atoms with Crippen molar-refractivity contribution in [1.29, 1.82) is 0 Å². The van der Waals surface area contributed by atoms with Gasteiger partial charge in [0.15, 0.2) is 0 Å². The summed E-state index contributed by atoms with van der Waals surface area (Å²) >= 11 is 0. The van der Waals surface area contributed by atoms with Crippen LogP contribution in [0.25, 0.3) is 0 Å². The highest BCUT2D eigenvalue weighted by Gasteiger charge is 2.22. The summed E-state index contributed by atoms with van der Waals surface area (Å²) in [5, 5.41) is 9.11. The zero-order valence-electron chi connectivity index (χ0n) is 11.3. The van der Waals surface area contributed by atoms with E-state index in [0.29, 0.717) is 19.1 Å². The van der Waals surface area contributed by atoms with Gasteiger partial charge in [0.2, 0.25) is 5.95 Å². The minimum absolute atomic E-state index is 0.0383. The normalized spacial score (nSPS) is 21.1. The van der Waals surface area contributed by atoms with E-state index in [9.17, 15) is 0 Å². The lowest BCUT2D eigenvalue weighted by Crippen LogP contribution is -2.44. The van der Waals surface area contributed by atoms with E-state index >= 15 is 0 Å². The number of hydrogen-bond acceptors (Lipinski definition) is 5. The van der Waals surface area contributed by atoms with Crippen LogP contribution in [0.3, 0.4) is 0 Å². The third kappa shape index (κ3) is 2.97. The summed E-state index contributed by atoms with van der Waals surface area (Å²) in [6.45, 7) is 8.48. The Kier molecular flexibility index (Phi) is 3.82. The second kappa shape index (κ2) is 5.20. The van der Waals surface area contributed by atoms with Gasteiger partial charge in [-0.05, 0) is 11.0 Å². The zero-order chi connectivity index (χ0) is 13.2. The number of ether oxygens (including phenoxy) is 1. The van der Waals surface area contributed by atoms with Crippen LogP contribution in [0, 0.1) is 0 Å². The van der Waals surface area contributed by atoms with Crippen LogP contribution >= 0.6 is 0 Å². The van der Waals surface area contributed by atoms with Gasteiger partial charge in [-0.2, -0.15) is 0 Å². The van der Waals surface area contributed by atoms with E-state index < -0.39 is 0 Å². The molecule has 0 aliphatic carbocycles. The third-order valence-corrected chi connectivity index (χ3v) is 3.13. The average Bonchev–Trinajstić information content (AvgIpc) is 2.38. The van der Waals surface area contributed by atoms with E-state index in [2.05, 4.69) is 35.6 Å². The van der Waals surface area contributed by atoms with E-state index in [4.69, 9.17) is 9.84 Å². The highest BCUT2D eigenvalue weighted by atomic mass is 16.5. The van der Waals surface area contributed by atoms with Gasteiger partial charge in [0.25, 0.3) is 0 Å². The lowest BCUT2D eigenvalue weighted by Gasteiger charge is -2.32. The molecular formula is C13H21N3O2. The fourth-order valence-corrected chi connectivity index (χ4v) is 1.88. The number of aliphatic hydroxyl groups excluding tert-OH is 1. The number of hydrogen-bond donors (Lipinski definition) is 1. The molecule has 1 fully saturated rings. The maximum absolute atomic E-state index is 9.11. The van der Waals surface area contributed by atoms with Gasteiger partial charge in [0.05, 0.1) is 19.3 Å². The Bertz CT molecular complexity index is 386. The van der Waals surface area contributed by atoms with Crippen LogP contribution in [0.15, 0.2) is 12.4 Å². The lowest BCUT2D eigenvalue weighted by molar-refractivity contribution is 0.00313. The van der Waals surface area contributed by atoms with Crippen molar-refractivity contribution in [1.82, 2.24) is 9.97 Å². The van der Waals surface area contributed by atoms with Crippen molar-refractivity contribution in [3.8, 4) is 0 Å². The SMILES string of the molecule is CC(C)(C)c1cnc(N2CCO[C@@H](CO)C2)nc1. The van der Waals surface area contributed by atoms with Crippen LogP contribution in [-0.2, 0) is 10.2 Å². The van der Waals surface area contributed by atoms with Crippen molar-refractivity contribution >= 4 is 5.95 Å². The Morgan fingerprint density at radius 2 is 2.06 bits per heavy atom. The lowest BCUT2D eigenvalue weighted by atomic mass is 9.89. The summed E-state index contributed by atoms with van der Waals surface area (Å²) < 4.78 is 5.41. The first-order valence-corrected chi connectivity index (χ1v) is 6.30. The van der Waals surface area contributed by atoms with Crippen molar-refractivity contribution in [2.45, 2.75) is 32.3 Å². The second-order valence-corrected chi connectivity index (χ2v) is 5.64. The maximum atomic E-state index is 9.11. The molecule has 0 amide bonds. The molecule has 100 valence electrons. The number of aliphatic hydroxyl groups is 1. The molecule has 0 unspecified atom stereocenters. The van der Waals surface area contributed by atoms with Crippen molar-refractivity contribution < 1.29 is 9.84 Å². The second-order valence-electron chi connectivity index (χ2n) is 5.64. The standard InChI is InChI=1S/C13H21N3O2/c1-13(2,3)10-6-14-12(15-7-10)16-4-5-18-11(8-16)9-17/h6-7,11,17H,4-5,8-9H2,1-3H3/t11-/m1/s1. The minimum atomic E-state index is -0.135.